The molecule has 1 fully saturated rings. The summed E-state index contributed by atoms with van der Waals surface area (Å²) >= 11 is 0. The third-order valence-corrected chi connectivity index (χ3v) is 8.26. The van der Waals surface area contributed by atoms with Crippen molar-refractivity contribution in [1.82, 2.24) is 30.0 Å². The van der Waals surface area contributed by atoms with Gasteiger partial charge in [-0.25, -0.2) is 19.8 Å². The SMILES string of the molecule is [C-]#[N+]c1ccnc(NC(=O)c2ccc(-c3nc4n5c(cnc(N)c35)/C=C/CCN[C@H](C)CC(=O)N[C@@H]3CCC[C@@H]4C3)cc2)c1. The van der Waals surface area contributed by atoms with E-state index in [0.29, 0.717) is 35.0 Å². The Morgan fingerprint density at radius 3 is 2.84 bits per heavy atom. The molecule has 0 unspecified atom stereocenters. The smallest absolute Gasteiger partial charge is 0.256 e. The molecule has 0 radical (unpaired) electrons. The highest BCUT2D eigenvalue weighted by atomic mass is 16.2. The Kier molecular flexibility index (Phi) is 8.34. The van der Waals surface area contributed by atoms with Crippen LogP contribution >= 0.6 is 0 Å². The number of fused-ring (bicyclic) bond motifs is 3. The molecule has 2 aliphatic rings. The number of imidazole rings is 1. The van der Waals surface area contributed by atoms with E-state index in [1.807, 2.05) is 19.1 Å². The van der Waals surface area contributed by atoms with Crippen molar-refractivity contribution in [2.45, 2.75) is 63.5 Å². The number of carbonyl (C=O) groups excluding carboxylic acids is 2. The number of nitrogens with zero attached hydrogens (tertiary/aromatic N) is 5. The fourth-order valence-electron chi connectivity index (χ4n) is 6.12. The van der Waals surface area contributed by atoms with Gasteiger partial charge < -0.3 is 21.7 Å². The van der Waals surface area contributed by atoms with Gasteiger partial charge in [-0.05, 0) is 69.5 Å². The van der Waals surface area contributed by atoms with Crippen LogP contribution in [0.1, 0.15) is 73.2 Å². The fraction of sp³-hybridized carbons (Fsp3) is 0.333. The molecule has 1 saturated carbocycles. The van der Waals surface area contributed by atoms with Gasteiger partial charge in [0.1, 0.15) is 28.7 Å². The summed E-state index contributed by atoms with van der Waals surface area (Å²) < 4.78 is 2.12. The van der Waals surface area contributed by atoms with E-state index in [2.05, 4.69) is 47.3 Å². The fourth-order valence-corrected chi connectivity index (χ4v) is 6.12. The lowest BCUT2D eigenvalue weighted by atomic mass is 9.85. The second-order valence-electron chi connectivity index (χ2n) is 11.5. The second-order valence-corrected chi connectivity index (χ2v) is 11.5. The first-order valence-corrected chi connectivity index (χ1v) is 15.0. The van der Waals surface area contributed by atoms with Gasteiger partial charge in [0.25, 0.3) is 5.91 Å². The van der Waals surface area contributed by atoms with Crippen LogP contribution in [0, 0.1) is 6.57 Å². The van der Waals surface area contributed by atoms with E-state index in [9.17, 15) is 9.59 Å². The number of hydrogen-bond acceptors (Lipinski definition) is 7. The Bertz CT molecular complexity index is 1770. The van der Waals surface area contributed by atoms with Gasteiger partial charge >= 0.3 is 0 Å². The number of nitrogen functional groups attached to an aromatic ring is 1. The van der Waals surface area contributed by atoms with Crippen LogP contribution in [0.15, 0.2) is 54.9 Å². The van der Waals surface area contributed by atoms with Crippen LogP contribution in [-0.4, -0.2) is 49.8 Å². The maximum atomic E-state index is 12.9. The van der Waals surface area contributed by atoms with Crippen LogP contribution in [-0.2, 0) is 4.79 Å². The van der Waals surface area contributed by atoms with Gasteiger partial charge in [0.2, 0.25) is 5.91 Å². The Morgan fingerprint density at radius 2 is 2.02 bits per heavy atom. The Balaban J connectivity index is 1.37. The number of benzene rings is 1. The number of anilines is 2. The molecule has 2 bridgehead atoms. The summed E-state index contributed by atoms with van der Waals surface area (Å²) in [6, 6.07) is 10.5. The molecule has 4 heterocycles. The maximum absolute atomic E-state index is 12.9. The van der Waals surface area contributed by atoms with Crippen LogP contribution in [0.5, 0.6) is 0 Å². The summed E-state index contributed by atoms with van der Waals surface area (Å²) in [5.74, 6) is 1.45. The normalized spacial score (nSPS) is 21.4. The molecule has 1 aliphatic heterocycles. The highest BCUT2D eigenvalue weighted by Crippen LogP contribution is 2.38. The zero-order valence-corrected chi connectivity index (χ0v) is 24.6. The van der Waals surface area contributed by atoms with Crippen molar-refractivity contribution in [2.75, 3.05) is 17.6 Å². The number of nitrogens with one attached hydrogen (secondary N) is 3. The largest absolute Gasteiger partial charge is 0.382 e. The van der Waals surface area contributed by atoms with Crippen molar-refractivity contribution in [1.29, 1.82) is 0 Å². The highest BCUT2D eigenvalue weighted by Gasteiger charge is 2.30. The van der Waals surface area contributed by atoms with Gasteiger partial charge in [-0.3, -0.25) is 14.0 Å². The summed E-state index contributed by atoms with van der Waals surface area (Å²) in [5, 5.41) is 9.46. The molecule has 2 amide bonds. The number of carbonyl (C=O) groups is 2. The number of rotatable bonds is 3. The molecule has 0 spiro atoms. The Morgan fingerprint density at radius 1 is 1.18 bits per heavy atom. The van der Waals surface area contributed by atoms with Crippen molar-refractivity contribution in [2.24, 2.45) is 0 Å². The highest BCUT2D eigenvalue weighted by molar-refractivity contribution is 6.04. The molecule has 3 atom stereocenters. The molecule has 6 rings (SSSR count). The number of hydrogen-bond donors (Lipinski definition) is 4. The molecule has 0 saturated heterocycles. The molecule has 5 N–H and O–H groups in total. The van der Waals surface area contributed by atoms with Gasteiger partial charge in [0.05, 0.1) is 18.5 Å². The predicted octanol–water partition coefficient (Wildman–Crippen LogP) is 5.10. The van der Waals surface area contributed by atoms with Crippen molar-refractivity contribution >= 4 is 40.7 Å². The van der Waals surface area contributed by atoms with Gasteiger partial charge in [0, 0.05) is 41.7 Å². The lowest BCUT2D eigenvalue weighted by Crippen LogP contribution is -2.41. The Labute approximate surface area is 255 Å². The van der Waals surface area contributed by atoms with Crippen LogP contribution in [0.2, 0.25) is 0 Å². The van der Waals surface area contributed by atoms with E-state index >= 15 is 0 Å². The number of pyridine rings is 1. The van der Waals surface area contributed by atoms with Gasteiger partial charge in [-0.15, -0.1) is 0 Å². The van der Waals surface area contributed by atoms with Gasteiger partial charge in [-0.1, -0.05) is 24.6 Å². The summed E-state index contributed by atoms with van der Waals surface area (Å²) in [7, 11) is 0. The average molecular weight is 590 g/mol. The third-order valence-electron chi connectivity index (χ3n) is 8.26. The topological polar surface area (TPSA) is 144 Å². The van der Waals surface area contributed by atoms with E-state index in [4.69, 9.17) is 17.3 Å². The monoisotopic (exact) mass is 589 g/mol. The van der Waals surface area contributed by atoms with E-state index in [0.717, 1.165) is 61.2 Å². The molecule has 4 aromatic rings. The summed E-state index contributed by atoms with van der Waals surface area (Å²) in [5.41, 5.74) is 10.5. The second kappa shape index (κ2) is 12.7. The number of nitrogens with two attached hydrogens (primary N) is 1. The zero-order chi connectivity index (χ0) is 30.6. The van der Waals surface area contributed by atoms with Crippen molar-refractivity contribution in [3.8, 4) is 11.3 Å². The third kappa shape index (κ3) is 6.16. The molecular formula is C33H35N9O2. The van der Waals surface area contributed by atoms with Crippen LogP contribution in [0.3, 0.4) is 0 Å². The predicted molar refractivity (Wildman–Crippen MR) is 170 cm³/mol. The van der Waals surface area contributed by atoms with Gasteiger partial charge in [-0.2, -0.15) is 0 Å². The molecule has 44 heavy (non-hydrogen) atoms. The summed E-state index contributed by atoms with van der Waals surface area (Å²) in [4.78, 5) is 43.0. The lowest BCUT2D eigenvalue weighted by molar-refractivity contribution is -0.122. The van der Waals surface area contributed by atoms with Gasteiger partial charge in [0.15, 0.2) is 5.69 Å². The summed E-state index contributed by atoms with van der Waals surface area (Å²) in [6.07, 6.45) is 12.4. The standard InChI is InChI=1S/C33H35N9O2/c1-20-16-28(43)39-25-7-5-6-23(17-25)32-41-29(30-31(34)38-19-26(42(30)32)8-3-4-14-36-20)21-9-11-22(12-10-21)33(44)40-27-18-24(35-2)13-15-37-27/h3,8-13,15,18-20,23,25,36H,4-7,14,16-17H2,1H3,(H2,34,38)(H,39,43)(H,37,40,44)/b8-3+/t20-,23-,25-/m1/s1. The van der Waals surface area contributed by atoms with Crippen molar-refractivity contribution in [3.63, 3.8) is 0 Å². The summed E-state index contributed by atoms with van der Waals surface area (Å²) in [6.45, 7) is 9.98. The van der Waals surface area contributed by atoms with Crippen LogP contribution in [0.25, 0.3) is 27.7 Å². The minimum absolute atomic E-state index is 0.0721. The number of aromatic nitrogens is 4. The zero-order valence-electron chi connectivity index (χ0n) is 24.6. The molecule has 3 aromatic heterocycles. The minimum atomic E-state index is -0.331. The Hall–Kier alpha value is -5.08. The first-order chi connectivity index (χ1) is 21.4. The molecule has 1 aromatic carbocycles. The van der Waals surface area contributed by atoms with Crippen molar-refractivity contribution < 1.29 is 9.59 Å². The molecular weight excluding hydrogens is 554 g/mol. The van der Waals surface area contributed by atoms with E-state index in [1.54, 1.807) is 24.4 Å². The molecule has 224 valence electrons. The first kappa shape index (κ1) is 29.0. The average Bonchev–Trinajstić information content (AvgIpc) is 3.43. The quantitative estimate of drug-likeness (QED) is 0.243. The van der Waals surface area contributed by atoms with E-state index in [-0.39, 0.29) is 29.8 Å². The lowest BCUT2D eigenvalue weighted by Gasteiger charge is -2.29. The molecule has 11 heteroatoms. The first-order valence-electron chi connectivity index (χ1n) is 15.0. The maximum Gasteiger partial charge on any atom is 0.256 e. The van der Waals surface area contributed by atoms with Crippen LogP contribution < -0.4 is 21.7 Å². The van der Waals surface area contributed by atoms with E-state index in [1.165, 1.54) is 12.3 Å². The van der Waals surface area contributed by atoms with Crippen molar-refractivity contribution in [3.05, 3.63) is 83.4 Å². The van der Waals surface area contributed by atoms with Crippen LogP contribution in [0.4, 0.5) is 17.3 Å². The molecule has 1 aliphatic carbocycles. The number of amides is 2. The van der Waals surface area contributed by atoms with E-state index < -0.39 is 0 Å². The molecule has 11 nitrogen and oxygen atoms in total. The minimum Gasteiger partial charge on any atom is -0.382 e.